The second-order valence-electron chi connectivity index (χ2n) is 16.4. The molecule has 0 radical (unpaired) electrons. The zero-order valence-corrected chi connectivity index (χ0v) is 29.4. The van der Waals surface area contributed by atoms with Crippen molar-refractivity contribution >= 4 is 11.9 Å². The minimum absolute atomic E-state index is 0.0111. The van der Waals surface area contributed by atoms with E-state index in [1.807, 2.05) is 0 Å². The van der Waals surface area contributed by atoms with Crippen LogP contribution >= 0.6 is 0 Å². The van der Waals surface area contributed by atoms with Crippen LogP contribution in [-0.2, 0) is 23.8 Å². The molecule has 4 unspecified atom stereocenters. The average Bonchev–Trinajstić information content (AvgIpc) is 3.31. The molecule has 0 aromatic carbocycles. The number of esters is 1. The monoisotopic (exact) mass is 663 g/mol. The predicted octanol–water partition coefficient (Wildman–Crippen LogP) is 3.87. The Balaban J connectivity index is 1.41. The van der Waals surface area contributed by atoms with E-state index in [0.29, 0.717) is 36.2 Å². The van der Waals surface area contributed by atoms with Gasteiger partial charge in [-0.2, -0.15) is 0 Å². The van der Waals surface area contributed by atoms with Gasteiger partial charge in [-0.05, 0) is 97.7 Å². The lowest BCUT2D eigenvalue weighted by atomic mass is 9.46. The molecule has 1 amide bonds. The smallest absolute Gasteiger partial charge is 0.302 e. The summed E-state index contributed by atoms with van der Waals surface area (Å²) in [5.41, 5.74) is 1.48. The van der Waals surface area contributed by atoms with E-state index in [2.05, 4.69) is 39.1 Å². The number of hydrogen-bond acceptors (Lipinski definition) is 9. The third-order valence-corrected chi connectivity index (χ3v) is 13.3. The second kappa shape index (κ2) is 14.7. The third kappa shape index (κ3) is 7.34. The number of fused-ring (bicyclic) bond motifs is 5. The van der Waals surface area contributed by atoms with E-state index >= 15 is 0 Å². The van der Waals surface area contributed by atoms with Crippen LogP contribution in [0.1, 0.15) is 106 Å². The second-order valence-corrected chi connectivity index (χ2v) is 16.4. The summed E-state index contributed by atoms with van der Waals surface area (Å²) < 4.78 is 18.3. The van der Waals surface area contributed by atoms with Crippen LogP contribution in [0.4, 0.5) is 0 Å². The van der Waals surface area contributed by atoms with Gasteiger partial charge in [-0.3, -0.25) is 9.59 Å². The van der Waals surface area contributed by atoms with Gasteiger partial charge in [0.15, 0.2) is 6.29 Å². The Morgan fingerprint density at radius 2 is 1.83 bits per heavy atom. The van der Waals surface area contributed by atoms with Gasteiger partial charge in [0.2, 0.25) is 5.91 Å². The number of ether oxygens (including phenoxy) is 3. The fourth-order valence-corrected chi connectivity index (χ4v) is 10.8. The highest BCUT2D eigenvalue weighted by atomic mass is 16.7. The zero-order chi connectivity index (χ0) is 34.3. The summed E-state index contributed by atoms with van der Waals surface area (Å²) in [6.45, 7) is 12.1. The lowest BCUT2D eigenvalue weighted by Gasteiger charge is -2.59. The van der Waals surface area contributed by atoms with Gasteiger partial charge in [0.05, 0.1) is 25.4 Å². The van der Waals surface area contributed by atoms with E-state index in [1.54, 1.807) is 0 Å². The largest absolute Gasteiger partial charge is 0.466 e. The maximum absolute atomic E-state index is 12.2. The number of allylic oxidation sites excluding steroid dienone is 1. The maximum atomic E-state index is 12.2. The molecule has 0 bridgehead atoms. The molecular formula is C37H61NO9. The third-order valence-electron chi connectivity index (χ3n) is 13.3. The number of hydrogen-bond donors (Lipinski definition) is 5. The molecule has 1 aliphatic heterocycles. The highest BCUT2D eigenvalue weighted by Crippen LogP contribution is 2.68. The van der Waals surface area contributed by atoms with Crippen molar-refractivity contribution in [3.05, 3.63) is 11.6 Å². The number of aliphatic hydroxyl groups excluding tert-OH is 4. The Morgan fingerprint density at radius 3 is 2.51 bits per heavy atom. The van der Waals surface area contributed by atoms with Gasteiger partial charge in [0.25, 0.3) is 0 Å². The van der Waals surface area contributed by atoms with Gasteiger partial charge in [-0.25, -0.2) is 0 Å². The molecule has 3 saturated carbocycles. The Kier molecular flexibility index (Phi) is 11.5. The molecule has 15 atom stereocenters. The first-order valence-corrected chi connectivity index (χ1v) is 18.3. The molecule has 4 aliphatic carbocycles. The van der Waals surface area contributed by atoms with Crippen LogP contribution in [0.25, 0.3) is 0 Å². The lowest BCUT2D eigenvalue weighted by molar-refractivity contribution is -0.289. The van der Waals surface area contributed by atoms with Crippen molar-refractivity contribution < 1.29 is 44.2 Å². The molecule has 47 heavy (non-hydrogen) atoms. The summed E-state index contributed by atoms with van der Waals surface area (Å²) >= 11 is 0. The van der Waals surface area contributed by atoms with E-state index in [9.17, 15) is 30.0 Å². The zero-order valence-electron chi connectivity index (χ0n) is 29.4. The fraction of sp³-hybridized carbons (Fsp3) is 0.892. The molecular weight excluding hydrogens is 602 g/mol. The quantitative estimate of drug-likeness (QED) is 0.164. The van der Waals surface area contributed by atoms with Crippen LogP contribution < -0.4 is 5.32 Å². The highest BCUT2D eigenvalue weighted by molar-refractivity contribution is 5.73. The average molecular weight is 664 g/mol. The van der Waals surface area contributed by atoms with Crippen molar-refractivity contribution in [2.75, 3.05) is 13.2 Å². The molecule has 5 rings (SSSR count). The van der Waals surface area contributed by atoms with Crippen molar-refractivity contribution in [2.45, 2.75) is 149 Å². The van der Waals surface area contributed by atoms with Crippen LogP contribution in [0.15, 0.2) is 11.6 Å². The number of nitrogens with one attached hydrogen (secondary N) is 1. The van der Waals surface area contributed by atoms with Gasteiger partial charge in [0, 0.05) is 13.8 Å². The van der Waals surface area contributed by atoms with Gasteiger partial charge >= 0.3 is 5.97 Å². The standard InChI is InChI=1S/C37H61NO9/c1-20(19-45-23(4)41)8-7-9-21(2)28-17-29(46-35-32(38-22(3)40)34(44)33(43)30(18-39)47-35)31-26-11-10-24-16-25(42)12-14-36(24,5)27(26)13-15-37(28,31)6/h10,20-21,25-35,39,42-44H,7-9,11-19H2,1-6H3,(H,38,40)/t20-,21-,25?,26?,27?,28-,29-,30-,31?,32-,33-,34-,35-,36+,37-/m1/s1. The molecule has 1 saturated heterocycles. The minimum Gasteiger partial charge on any atom is -0.466 e. The van der Waals surface area contributed by atoms with Crippen molar-refractivity contribution in [1.82, 2.24) is 5.32 Å². The summed E-state index contributed by atoms with van der Waals surface area (Å²) in [4.78, 5) is 23.5. The van der Waals surface area contributed by atoms with Gasteiger partial charge in [-0.15, -0.1) is 0 Å². The van der Waals surface area contributed by atoms with E-state index in [4.69, 9.17) is 14.2 Å². The van der Waals surface area contributed by atoms with E-state index in [1.165, 1.54) is 19.4 Å². The van der Waals surface area contributed by atoms with Crippen molar-refractivity contribution in [1.29, 1.82) is 0 Å². The molecule has 0 aromatic rings. The van der Waals surface area contributed by atoms with Crippen LogP contribution in [0.5, 0.6) is 0 Å². The van der Waals surface area contributed by atoms with E-state index in [0.717, 1.165) is 64.2 Å². The van der Waals surface area contributed by atoms with Crippen LogP contribution in [0.3, 0.4) is 0 Å². The first kappa shape index (κ1) is 36.7. The Labute approximate surface area is 281 Å². The molecule has 5 N–H and O–H groups in total. The summed E-state index contributed by atoms with van der Waals surface area (Å²) in [6.07, 6.45) is 6.86. The molecule has 10 heteroatoms. The number of carbonyl (C=O) groups excluding carboxylic acids is 2. The molecule has 268 valence electrons. The molecule has 4 fully saturated rings. The highest BCUT2D eigenvalue weighted by Gasteiger charge is 2.63. The van der Waals surface area contributed by atoms with Crippen molar-refractivity contribution in [2.24, 2.45) is 46.3 Å². The van der Waals surface area contributed by atoms with E-state index < -0.39 is 37.3 Å². The normalized spacial score (nSPS) is 44.3. The molecule has 5 aliphatic rings. The van der Waals surface area contributed by atoms with Crippen LogP contribution in [0.2, 0.25) is 0 Å². The molecule has 0 aromatic heterocycles. The number of amides is 1. The summed E-state index contributed by atoms with van der Waals surface area (Å²) in [5.74, 6) is 1.60. The van der Waals surface area contributed by atoms with Crippen molar-refractivity contribution in [3.8, 4) is 0 Å². The number of rotatable bonds is 11. The first-order valence-electron chi connectivity index (χ1n) is 18.3. The fourth-order valence-electron chi connectivity index (χ4n) is 10.8. The summed E-state index contributed by atoms with van der Waals surface area (Å²) in [6, 6.07) is -0.971. The van der Waals surface area contributed by atoms with Gasteiger partial charge in [-0.1, -0.05) is 52.2 Å². The maximum Gasteiger partial charge on any atom is 0.302 e. The Hall–Kier alpha value is -1.56. The van der Waals surface area contributed by atoms with Crippen LogP contribution in [-0.4, -0.2) is 88.4 Å². The molecule has 0 spiro atoms. The number of carbonyl (C=O) groups is 2. The van der Waals surface area contributed by atoms with Gasteiger partial charge in [0.1, 0.15) is 24.4 Å². The molecule has 1 heterocycles. The minimum atomic E-state index is -1.36. The Bertz CT molecular complexity index is 1150. The van der Waals surface area contributed by atoms with E-state index in [-0.39, 0.29) is 40.8 Å². The molecule has 10 nitrogen and oxygen atoms in total. The topological polar surface area (TPSA) is 155 Å². The summed E-state index contributed by atoms with van der Waals surface area (Å²) in [7, 11) is 0. The first-order chi connectivity index (χ1) is 22.2. The summed E-state index contributed by atoms with van der Waals surface area (Å²) in [5, 5.41) is 44.9. The van der Waals surface area contributed by atoms with Crippen LogP contribution in [0, 0.1) is 46.3 Å². The SMILES string of the molecule is CC(=O)N[C@H]1[C@H](O[C@@H]2C[C@H]([C@H](C)CCC[C@@H](C)COC(C)=O)[C@@]3(C)CCC4C(CC=C5CC(O)CC[C@@]54C)C23)O[C@H](CO)[C@@H](O)[C@@H]1O. The number of aliphatic hydroxyl groups is 4. The lowest BCUT2D eigenvalue weighted by Crippen LogP contribution is -2.65. The Morgan fingerprint density at radius 1 is 1.09 bits per heavy atom. The van der Waals surface area contributed by atoms with Crippen molar-refractivity contribution in [3.63, 3.8) is 0 Å². The van der Waals surface area contributed by atoms with Gasteiger partial charge < -0.3 is 40.0 Å². The predicted molar refractivity (Wildman–Crippen MR) is 176 cm³/mol.